The van der Waals surface area contributed by atoms with Crippen LogP contribution in [-0.4, -0.2) is 25.3 Å². The summed E-state index contributed by atoms with van der Waals surface area (Å²) in [6.07, 6.45) is 1.08. The minimum atomic E-state index is -0.518. The third kappa shape index (κ3) is 3.14. The van der Waals surface area contributed by atoms with Crippen LogP contribution in [0.15, 0.2) is 24.8 Å². The van der Waals surface area contributed by atoms with Gasteiger partial charge in [0.05, 0.1) is 14.2 Å². The van der Waals surface area contributed by atoms with Gasteiger partial charge in [-0.2, -0.15) is 0 Å². The van der Waals surface area contributed by atoms with Crippen molar-refractivity contribution in [2.45, 2.75) is 6.61 Å². The standard InChI is InChI=1S/C12H14O5/c1-4-11(13)17-7-8-5-9(15-2)12(14)10(6-8)16-3/h4-6,14H,1,7H2,2-3H3. The van der Waals surface area contributed by atoms with Gasteiger partial charge in [-0.15, -0.1) is 0 Å². The number of phenolic OH excluding ortho intramolecular Hbond substituents is 1. The smallest absolute Gasteiger partial charge is 0.330 e. The lowest BCUT2D eigenvalue weighted by Gasteiger charge is -2.11. The Labute approximate surface area is 99.2 Å². The van der Waals surface area contributed by atoms with E-state index >= 15 is 0 Å². The molecule has 0 unspecified atom stereocenters. The molecule has 1 aromatic carbocycles. The van der Waals surface area contributed by atoms with E-state index in [9.17, 15) is 9.90 Å². The van der Waals surface area contributed by atoms with Crippen molar-refractivity contribution in [1.29, 1.82) is 0 Å². The van der Waals surface area contributed by atoms with Gasteiger partial charge in [0.15, 0.2) is 11.5 Å². The van der Waals surface area contributed by atoms with Gasteiger partial charge >= 0.3 is 5.97 Å². The van der Waals surface area contributed by atoms with Gasteiger partial charge in [-0.05, 0) is 17.7 Å². The van der Waals surface area contributed by atoms with E-state index in [0.717, 1.165) is 6.08 Å². The maximum atomic E-state index is 10.9. The molecule has 0 aliphatic carbocycles. The number of benzene rings is 1. The molecular weight excluding hydrogens is 224 g/mol. The molecule has 0 saturated heterocycles. The molecule has 5 heteroatoms. The Balaban J connectivity index is 2.92. The molecule has 0 aliphatic rings. The molecule has 92 valence electrons. The molecule has 0 spiro atoms. The van der Waals surface area contributed by atoms with Crippen molar-refractivity contribution in [1.82, 2.24) is 0 Å². The third-order valence-corrected chi connectivity index (χ3v) is 2.09. The van der Waals surface area contributed by atoms with E-state index in [1.54, 1.807) is 12.1 Å². The van der Waals surface area contributed by atoms with Crippen LogP contribution in [0.3, 0.4) is 0 Å². The highest BCUT2D eigenvalue weighted by Crippen LogP contribution is 2.37. The van der Waals surface area contributed by atoms with Gasteiger partial charge in [0.25, 0.3) is 0 Å². The zero-order valence-corrected chi connectivity index (χ0v) is 9.73. The van der Waals surface area contributed by atoms with E-state index in [0.29, 0.717) is 5.56 Å². The largest absolute Gasteiger partial charge is 0.502 e. The quantitative estimate of drug-likeness (QED) is 0.624. The number of hydrogen-bond donors (Lipinski definition) is 1. The number of aromatic hydroxyl groups is 1. The van der Waals surface area contributed by atoms with Crippen LogP contribution in [0.25, 0.3) is 0 Å². The van der Waals surface area contributed by atoms with E-state index in [1.807, 2.05) is 0 Å². The van der Waals surface area contributed by atoms with Gasteiger partial charge in [0.1, 0.15) is 6.61 Å². The fraction of sp³-hybridized carbons (Fsp3) is 0.250. The van der Waals surface area contributed by atoms with Crippen molar-refractivity contribution < 1.29 is 24.1 Å². The topological polar surface area (TPSA) is 65.0 Å². The van der Waals surface area contributed by atoms with Crippen LogP contribution in [-0.2, 0) is 16.1 Å². The van der Waals surface area contributed by atoms with Crippen molar-refractivity contribution in [3.63, 3.8) is 0 Å². The lowest BCUT2D eigenvalue weighted by molar-refractivity contribution is -0.138. The molecule has 0 radical (unpaired) electrons. The third-order valence-electron chi connectivity index (χ3n) is 2.09. The maximum Gasteiger partial charge on any atom is 0.330 e. The van der Waals surface area contributed by atoms with Crippen molar-refractivity contribution >= 4 is 5.97 Å². The van der Waals surface area contributed by atoms with E-state index in [4.69, 9.17) is 14.2 Å². The lowest BCUT2D eigenvalue weighted by atomic mass is 10.2. The average molecular weight is 238 g/mol. The molecule has 1 aromatic rings. The molecule has 0 fully saturated rings. The Morgan fingerprint density at radius 1 is 1.35 bits per heavy atom. The fourth-order valence-corrected chi connectivity index (χ4v) is 1.24. The van der Waals surface area contributed by atoms with Crippen molar-refractivity contribution in [2.24, 2.45) is 0 Å². The first-order valence-electron chi connectivity index (χ1n) is 4.85. The number of esters is 1. The summed E-state index contributed by atoms with van der Waals surface area (Å²) in [5, 5.41) is 9.66. The normalized spacial score (nSPS) is 9.53. The second kappa shape index (κ2) is 5.79. The van der Waals surface area contributed by atoms with E-state index in [2.05, 4.69) is 6.58 Å². The van der Waals surface area contributed by atoms with Gasteiger partial charge < -0.3 is 19.3 Å². The first kappa shape index (κ1) is 12.9. The molecule has 0 aliphatic heterocycles. The van der Waals surface area contributed by atoms with Crippen LogP contribution < -0.4 is 9.47 Å². The summed E-state index contributed by atoms with van der Waals surface area (Å²) < 4.78 is 14.8. The monoisotopic (exact) mass is 238 g/mol. The Morgan fingerprint density at radius 3 is 2.29 bits per heavy atom. The van der Waals surface area contributed by atoms with Crippen LogP contribution >= 0.6 is 0 Å². The Bertz CT molecular complexity index is 400. The Kier molecular flexibility index (Phi) is 4.39. The predicted molar refractivity (Wildman–Crippen MR) is 61.2 cm³/mol. The number of ether oxygens (including phenoxy) is 3. The number of phenols is 1. The van der Waals surface area contributed by atoms with Crippen LogP contribution in [0.1, 0.15) is 5.56 Å². The van der Waals surface area contributed by atoms with Gasteiger partial charge in [-0.1, -0.05) is 6.58 Å². The molecule has 17 heavy (non-hydrogen) atoms. The fourth-order valence-electron chi connectivity index (χ4n) is 1.24. The highest BCUT2D eigenvalue weighted by molar-refractivity contribution is 5.81. The van der Waals surface area contributed by atoms with Gasteiger partial charge in [-0.3, -0.25) is 0 Å². The van der Waals surface area contributed by atoms with E-state index in [1.165, 1.54) is 14.2 Å². The summed E-state index contributed by atoms with van der Waals surface area (Å²) in [7, 11) is 2.85. The van der Waals surface area contributed by atoms with Crippen LogP contribution in [0.2, 0.25) is 0 Å². The maximum absolute atomic E-state index is 10.9. The molecular formula is C12H14O5. The average Bonchev–Trinajstić information content (AvgIpc) is 2.36. The number of hydrogen-bond acceptors (Lipinski definition) is 5. The van der Waals surface area contributed by atoms with Crippen LogP contribution in [0, 0.1) is 0 Å². The number of carbonyl (C=O) groups excluding carboxylic acids is 1. The van der Waals surface area contributed by atoms with Gasteiger partial charge in [0, 0.05) is 6.08 Å². The minimum absolute atomic E-state index is 0.0534. The zero-order chi connectivity index (χ0) is 12.8. The molecule has 0 atom stereocenters. The predicted octanol–water partition coefficient (Wildman–Crippen LogP) is 1.64. The number of carbonyl (C=O) groups is 1. The first-order valence-corrected chi connectivity index (χ1v) is 4.85. The van der Waals surface area contributed by atoms with Crippen molar-refractivity contribution in [2.75, 3.05) is 14.2 Å². The van der Waals surface area contributed by atoms with Crippen LogP contribution in [0.4, 0.5) is 0 Å². The Morgan fingerprint density at radius 2 is 1.88 bits per heavy atom. The SMILES string of the molecule is C=CC(=O)OCc1cc(OC)c(O)c(OC)c1. The summed E-state index contributed by atoms with van der Waals surface area (Å²) in [5.41, 5.74) is 0.645. The molecule has 0 bridgehead atoms. The summed E-state index contributed by atoms with van der Waals surface area (Å²) >= 11 is 0. The molecule has 5 nitrogen and oxygen atoms in total. The number of rotatable bonds is 5. The highest BCUT2D eigenvalue weighted by atomic mass is 16.5. The van der Waals surface area contributed by atoms with E-state index < -0.39 is 5.97 Å². The minimum Gasteiger partial charge on any atom is -0.502 e. The first-order chi connectivity index (χ1) is 8.12. The lowest BCUT2D eigenvalue weighted by Crippen LogP contribution is -2.01. The molecule has 1 N–H and O–H groups in total. The zero-order valence-electron chi connectivity index (χ0n) is 9.73. The summed E-state index contributed by atoms with van der Waals surface area (Å²) in [6, 6.07) is 3.13. The second-order valence-corrected chi connectivity index (χ2v) is 3.16. The van der Waals surface area contributed by atoms with Crippen molar-refractivity contribution in [3.8, 4) is 17.2 Å². The summed E-state index contributed by atoms with van der Waals surface area (Å²) in [5.74, 6) is -0.0900. The highest BCUT2D eigenvalue weighted by Gasteiger charge is 2.11. The molecule has 1 rings (SSSR count). The molecule has 0 saturated carbocycles. The second-order valence-electron chi connectivity index (χ2n) is 3.16. The van der Waals surface area contributed by atoms with Gasteiger partial charge in [0.2, 0.25) is 5.75 Å². The number of methoxy groups -OCH3 is 2. The van der Waals surface area contributed by atoms with E-state index in [-0.39, 0.29) is 23.9 Å². The van der Waals surface area contributed by atoms with Gasteiger partial charge in [-0.25, -0.2) is 4.79 Å². The molecule has 0 heterocycles. The summed E-state index contributed by atoms with van der Waals surface area (Å²) in [4.78, 5) is 10.9. The Hall–Kier alpha value is -2.17. The molecule has 0 amide bonds. The summed E-state index contributed by atoms with van der Waals surface area (Å²) in [6.45, 7) is 3.34. The van der Waals surface area contributed by atoms with Crippen molar-refractivity contribution in [3.05, 3.63) is 30.4 Å². The molecule has 0 aromatic heterocycles. The van der Waals surface area contributed by atoms with Crippen LogP contribution in [0.5, 0.6) is 17.2 Å².